The van der Waals surface area contributed by atoms with Gasteiger partial charge in [-0.1, -0.05) is 0 Å². The fourth-order valence-corrected chi connectivity index (χ4v) is 2.06. The van der Waals surface area contributed by atoms with Gasteiger partial charge < -0.3 is 0 Å². The van der Waals surface area contributed by atoms with Gasteiger partial charge in [0.2, 0.25) is 0 Å². The molecule has 0 bridgehead atoms. The minimum absolute atomic E-state index is 0.755. The van der Waals surface area contributed by atoms with Crippen LogP contribution in [0.5, 0.6) is 0 Å². The van der Waals surface area contributed by atoms with Crippen LogP contribution >= 0.6 is 0 Å². The van der Waals surface area contributed by atoms with E-state index in [2.05, 4.69) is 22.7 Å². The van der Waals surface area contributed by atoms with E-state index in [0.717, 1.165) is 29.9 Å². The molecular formula is C5H10Se2. The molecule has 0 amide bonds. The average Bonchev–Trinajstić information content (AvgIpc) is 1.69. The Balaban J connectivity index is 2.78. The van der Waals surface area contributed by atoms with Gasteiger partial charge in [0.25, 0.3) is 0 Å². The van der Waals surface area contributed by atoms with E-state index < -0.39 is 0 Å². The zero-order chi connectivity index (χ0) is 5.54. The van der Waals surface area contributed by atoms with Crippen molar-refractivity contribution in [1.82, 2.24) is 0 Å². The second-order valence-electron chi connectivity index (χ2n) is 1.06. The Morgan fingerprint density at radius 2 is 2.14 bits per heavy atom. The van der Waals surface area contributed by atoms with Gasteiger partial charge in [0.15, 0.2) is 0 Å². The number of allylic oxidation sites excluding steroid dienone is 1. The summed E-state index contributed by atoms with van der Waals surface area (Å²) in [6, 6.07) is 0. The minimum atomic E-state index is 0.755. The van der Waals surface area contributed by atoms with Crippen LogP contribution in [-0.2, 0) is 0 Å². The van der Waals surface area contributed by atoms with Gasteiger partial charge in [-0.05, 0) is 0 Å². The Morgan fingerprint density at radius 1 is 1.43 bits per heavy atom. The third-order valence-corrected chi connectivity index (χ3v) is 2.57. The maximum atomic E-state index is 2.29. The Morgan fingerprint density at radius 3 is 2.57 bits per heavy atom. The van der Waals surface area contributed by atoms with Crippen LogP contribution in [0.3, 0.4) is 0 Å². The number of hydrogen-bond acceptors (Lipinski definition) is 0. The first-order valence-electron chi connectivity index (χ1n) is 2.08. The van der Waals surface area contributed by atoms with Gasteiger partial charge in [-0.3, -0.25) is 0 Å². The molecule has 0 spiro atoms. The fourth-order valence-electron chi connectivity index (χ4n) is 0.232. The van der Waals surface area contributed by atoms with Crippen molar-refractivity contribution in [3.8, 4) is 0 Å². The molecule has 0 atom stereocenters. The predicted octanol–water partition coefficient (Wildman–Crippen LogP) is 1.42. The molecule has 0 rings (SSSR count). The van der Waals surface area contributed by atoms with Crippen molar-refractivity contribution >= 4 is 29.9 Å². The summed E-state index contributed by atoms with van der Waals surface area (Å²) in [5.74, 6) is 4.49. The van der Waals surface area contributed by atoms with E-state index in [4.69, 9.17) is 0 Å². The van der Waals surface area contributed by atoms with Gasteiger partial charge in [0, 0.05) is 0 Å². The van der Waals surface area contributed by atoms with Crippen LogP contribution in [0.4, 0.5) is 0 Å². The van der Waals surface area contributed by atoms with Crippen molar-refractivity contribution < 1.29 is 0 Å². The summed E-state index contributed by atoms with van der Waals surface area (Å²) in [6.07, 6.45) is 2.29. The molecule has 0 fully saturated rings. The van der Waals surface area contributed by atoms with E-state index in [-0.39, 0.29) is 0 Å². The van der Waals surface area contributed by atoms with Crippen molar-refractivity contribution in [2.24, 2.45) is 0 Å². The van der Waals surface area contributed by atoms with E-state index >= 15 is 0 Å². The molecule has 0 saturated heterocycles. The van der Waals surface area contributed by atoms with Crippen LogP contribution in [0.15, 0.2) is 11.1 Å². The molecule has 7 heavy (non-hydrogen) atoms. The third-order valence-electron chi connectivity index (χ3n) is 0.495. The summed E-state index contributed by atoms with van der Waals surface area (Å²) in [5, 5.41) is 1.32. The van der Waals surface area contributed by atoms with Crippen molar-refractivity contribution in [3.05, 3.63) is 11.1 Å². The zero-order valence-electron chi connectivity index (χ0n) is 4.68. The standard InChI is InChI=1S/C5H10Se2/c1-6-4-3-5-7-2/h3-4H,5H2,1-2H3/b4-3+. The molecule has 0 heterocycles. The van der Waals surface area contributed by atoms with Gasteiger partial charge in [-0.2, -0.15) is 0 Å². The zero-order valence-corrected chi connectivity index (χ0v) is 8.10. The van der Waals surface area contributed by atoms with Crippen LogP contribution in [0.25, 0.3) is 0 Å². The summed E-state index contributed by atoms with van der Waals surface area (Å²) < 4.78 is 0. The normalized spacial score (nSPS) is 10.6. The first kappa shape index (κ1) is 7.78. The van der Waals surface area contributed by atoms with Crippen LogP contribution in [-0.4, -0.2) is 29.9 Å². The Bertz CT molecular complexity index is 50.0. The summed E-state index contributed by atoms with van der Waals surface area (Å²) in [5.41, 5.74) is 0. The fraction of sp³-hybridized carbons (Fsp3) is 0.600. The van der Waals surface area contributed by atoms with E-state index in [9.17, 15) is 0 Å². The van der Waals surface area contributed by atoms with Crippen molar-refractivity contribution in [2.75, 3.05) is 0 Å². The van der Waals surface area contributed by atoms with E-state index in [1.165, 1.54) is 5.32 Å². The Labute approximate surface area is 58.1 Å². The second-order valence-corrected chi connectivity index (χ2v) is 4.53. The molecule has 0 aromatic rings. The molecule has 0 N–H and O–H groups in total. The van der Waals surface area contributed by atoms with Gasteiger partial charge in [-0.15, -0.1) is 0 Å². The summed E-state index contributed by atoms with van der Waals surface area (Å²) in [7, 11) is 0. The molecule has 2 heteroatoms. The molecule has 0 aliphatic carbocycles. The molecule has 0 aliphatic rings. The molecule has 0 aromatic carbocycles. The number of hydrogen-bond donors (Lipinski definition) is 0. The van der Waals surface area contributed by atoms with E-state index in [0.29, 0.717) is 0 Å². The Hall–Kier alpha value is 0.779. The van der Waals surface area contributed by atoms with Crippen LogP contribution in [0.2, 0.25) is 17.0 Å². The summed E-state index contributed by atoms with van der Waals surface area (Å²) in [6.45, 7) is 0. The first-order chi connectivity index (χ1) is 3.41. The molecule has 0 nitrogen and oxygen atoms in total. The van der Waals surface area contributed by atoms with Crippen molar-refractivity contribution in [3.63, 3.8) is 0 Å². The van der Waals surface area contributed by atoms with Crippen LogP contribution in [0, 0.1) is 0 Å². The molecule has 0 aromatic heterocycles. The van der Waals surface area contributed by atoms with Gasteiger partial charge in [0.1, 0.15) is 0 Å². The van der Waals surface area contributed by atoms with Crippen LogP contribution < -0.4 is 0 Å². The monoisotopic (exact) mass is 230 g/mol. The summed E-state index contributed by atoms with van der Waals surface area (Å²) in [4.78, 5) is 2.29. The molecule has 0 aliphatic heterocycles. The van der Waals surface area contributed by atoms with E-state index in [1.54, 1.807) is 0 Å². The van der Waals surface area contributed by atoms with Crippen LogP contribution in [0.1, 0.15) is 0 Å². The summed E-state index contributed by atoms with van der Waals surface area (Å²) >= 11 is 1.60. The molecule has 42 valence electrons. The van der Waals surface area contributed by atoms with Gasteiger partial charge in [0.05, 0.1) is 0 Å². The average molecular weight is 228 g/mol. The molecule has 0 unspecified atom stereocenters. The predicted molar refractivity (Wildman–Crippen MR) is 37.2 cm³/mol. The van der Waals surface area contributed by atoms with E-state index in [1.807, 2.05) is 0 Å². The molecular weight excluding hydrogens is 218 g/mol. The topological polar surface area (TPSA) is 0 Å². The first-order valence-corrected chi connectivity index (χ1v) is 7.71. The maximum absolute atomic E-state index is 2.29. The quantitative estimate of drug-likeness (QED) is 0.641. The Kier molecular flexibility index (Phi) is 7.53. The van der Waals surface area contributed by atoms with Gasteiger partial charge in [-0.25, -0.2) is 0 Å². The van der Waals surface area contributed by atoms with Crippen molar-refractivity contribution in [1.29, 1.82) is 0 Å². The third kappa shape index (κ3) is 6.78. The van der Waals surface area contributed by atoms with Gasteiger partial charge >= 0.3 is 57.9 Å². The number of rotatable bonds is 3. The molecule has 0 saturated carbocycles. The molecule has 0 radical (unpaired) electrons. The van der Waals surface area contributed by atoms with Crippen molar-refractivity contribution in [2.45, 2.75) is 17.0 Å². The SMILES string of the molecule is C[Se]/C=C/C[Se]C. The second kappa shape index (κ2) is 6.78.